The highest BCUT2D eigenvalue weighted by molar-refractivity contribution is 7.70. The number of nitrogen functional groups attached to an aromatic ring is 1. The van der Waals surface area contributed by atoms with E-state index in [4.69, 9.17) is 36.3 Å². The van der Waals surface area contributed by atoms with Crippen molar-refractivity contribution in [2.75, 3.05) is 98.5 Å². The summed E-state index contributed by atoms with van der Waals surface area (Å²) in [5.74, 6) is 2.28. The third kappa shape index (κ3) is 16.6. The SMILES string of the molecule is COc1cnc(Cl)nc1Nc1ccccc1P(C)(C)=O.COc1cnc(Nc2ccc(N3CC4(CC(NC(=O)OC(C)(C)C)C4)C3)c(C)c2)nc1Nc1ccccc1P(C)(C)=O.Cc1cc(N)ccc1N1CC2(CC(NC(=O)OC(C)(C)C)C2)C1. The summed E-state index contributed by atoms with van der Waals surface area (Å²) < 4.78 is 46.5. The van der Waals surface area contributed by atoms with E-state index in [2.05, 4.69) is 88.4 Å². The van der Waals surface area contributed by atoms with Crippen molar-refractivity contribution < 1.29 is 37.7 Å². The van der Waals surface area contributed by atoms with Crippen LogP contribution in [0.4, 0.5) is 61.3 Å². The maximum atomic E-state index is 12.8. The van der Waals surface area contributed by atoms with Crippen molar-refractivity contribution in [3.05, 3.63) is 114 Å². The maximum Gasteiger partial charge on any atom is 0.407 e. The molecule has 456 valence electrons. The molecule has 4 aliphatic rings. The monoisotopic (exact) mass is 1220 g/mol. The summed E-state index contributed by atoms with van der Waals surface area (Å²) in [6.45, 7) is 26.5. The number of halogens is 1. The van der Waals surface area contributed by atoms with Gasteiger partial charge in [0.15, 0.2) is 23.1 Å². The van der Waals surface area contributed by atoms with E-state index in [1.54, 1.807) is 40.0 Å². The number of aryl methyl sites for hydroxylation is 2. The second-order valence-corrected chi connectivity index (χ2v) is 32.2. The van der Waals surface area contributed by atoms with Crippen LogP contribution in [0.15, 0.2) is 97.3 Å². The molecule has 7 N–H and O–H groups in total. The minimum absolute atomic E-state index is 0.113. The summed E-state index contributed by atoms with van der Waals surface area (Å²) in [7, 11) is -1.83. The Kier molecular flexibility index (Phi) is 19.0. The number of amides is 2. The largest absolute Gasteiger partial charge is 0.491 e. The van der Waals surface area contributed by atoms with Crippen LogP contribution in [-0.2, 0) is 18.6 Å². The lowest BCUT2D eigenvalue weighted by atomic mass is 9.60. The van der Waals surface area contributed by atoms with Crippen molar-refractivity contribution in [2.24, 2.45) is 10.8 Å². The van der Waals surface area contributed by atoms with Crippen molar-refractivity contribution >= 4 is 100 Å². The number of nitrogens with one attached hydrogen (secondary N) is 5. The Hall–Kier alpha value is -7.27. The Labute approximate surface area is 505 Å². The van der Waals surface area contributed by atoms with E-state index in [-0.39, 0.29) is 35.0 Å². The summed E-state index contributed by atoms with van der Waals surface area (Å²) in [6.07, 6.45) is 6.49. The molecular formula is C62H83ClN12O8P2. The molecule has 2 saturated heterocycles. The van der Waals surface area contributed by atoms with Crippen LogP contribution in [0.25, 0.3) is 0 Å². The van der Waals surface area contributed by atoms with Crippen LogP contribution in [0.3, 0.4) is 0 Å². The van der Waals surface area contributed by atoms with Crippen molar-refractivity contribution in [3.8, 4) is 11.5 Å². The first-order valence-corrected chi connectivity index (χ1v) is 33.9. The Morgan fingerprint density at radius 2 is 1.04 bits per heavy atom. The number of rotatable bonds is 14. The first-order valence-electron chi connectivity index (χ1n) is 28.3. The zero-order valence-corrected chi connectivity index (χ0v) is 53.9. The lowest BCUT2D eigenvalue weighted by Crippen LogP contribution is -2.67. The molecular weight excluding hydrogens is 1140 g/mol. The first kappa shape index (κ1) is 63.7. The molecule has 0 atom stereocenters. The third-order valence-corrected chi connectivity index (χ3v) is 18.3. The number of benzene rings is 4. The van der Waals surface area contributed by atoms with E-state index >= 15 is 0 Å². The predicted octanol–water partition coefficient (Wildman–Crippen LogP) is 12.2. The smallest absolute Gasteiger partial charge is 0.407 e. The Balaban J connectivity index is 0.000000184. The molecule has 6 aromatic rings. The maximum absolute atomic E-state index is 12.8. The van der Waals surface area contributed by atoms with Gasteiger partial charge in [-0.15, -0.1) is 0 Å². The molecule has 4 fully saturated rings. The second kappa shape index (κ2) is 25.4. The van der Waals surface area contributed by atoms with Gasteiger partial charge < -0.3 is 70.2 Å². The molecule has 2 aliphatic heterocycles. The summed E-state index contributed by atoms with van der Waals surface area (Å²) in [5, 5.41) is 17.3. The van der Waals surface area contributed by atoms with Gasteiger partial charge in [-0.25, -0.2) is 19.6 Å². The van der Waals surface area contributed by atoms with Gasteiger partial charge in [-0.2, -0.15) is 9.97 Å². The quantitative estimate of drug-likeness (QED) is 0.0337. The number of nitrogens with zero attached hydrogens (tertiary/aromatic N) is 6. The molecule has 2 saturated carbocycles. The van der Waals surface area contributed by atoms with Crippen molar-refractivity contribution in [1.82, 2.24) is 30.6 Å². The van der Waals surface area contributed by atoms with Crippen LogP contribution < -0.4 is 62.2 Å². The van der Waals surface area contributed by atoms with E-state index in [9.17, 15) is 18.7 Å². The Morgan fingerprint density at radius 3 is 1.46 bits per heavy atom. The highest BCUT2D eigenvalue weighted by Crippen LogP contribution is 2.52. The number of alkyl carbamates (subject to hydrolysis) is 2. The number of hydrogen-bond donors (Lipinski definition) is 6. The average molecular weight is 1220 g/mol. The summed E-state index contributed by atoms with van der Waals surface area (Å²) in [4.78, 5) is 45.7. The Bertz CT molecular complexity index is 3480. The van der Waals surface area contributed by atoms with Gasteiger partial charge >= 0.3 is 12.2 Å². The molecule has 85 heavy (non-hydrogen) atoms. The summed E-state index contributed by atoms with van der Waals surface area (Å²) >= 11 is 5.80. The van der Waals surface area contributed by atoms with Gasteiger partial charge in [0.05, 0.1) is 38.0 Å². The standard InChI is InChI=1S/C31H41N6O4P.C18H27N3O2.C13H15ClN3O2P/c1-20-14-21(12-13-24(20)37-18-31(19-37)15-22(16-31)34-29(38)41-30(2,3)4)33-28-32-17-25(40-5)27(36-28)35-23-10-8-9-11-26(23)42(6,7)39;1-12-7-13(19)5-6-15(12)21-10-18(11-21)8-14(9-18)20-16(22)23-17(2,3)4;1-19-10-8-15-13(14)17-12(10)16-9-6-4-5-7-11(9)20(2,3)18/h8-14,17,22H,15-16,18-19H2,1-7H3,(H,34,38)(H2,32,33,35,36);5-7,14H,8-11,19H2,1-4H3,(H,20,22);4-8H,1-3H3,(H,15,16,17). The number of carbonyl (C=O) groups excluding carboxylic acids is 2. The molecule has 4 aromatic carbocycles. The van der Waals surface area contributed by atoms with Gasteiger partial charge in [0.1, 0.15) is 25.5 Å². The normalized spacial score (nSPS) is 16.1. The predicted molar refractivity (Wildman–Crippen MR) is 344 cm³/mol. The fourth-order valence-corrected chi connectivity index (χ4v) is 13.8. The van der Waals surface area contributed by atoms with Gasteiger partial charge in [-0.3, -0.25) is 0 Å². The summed E-state index contributed by atoms with van der Waals surface area (Å²) in [5.41, 5.74) is 13.5. The van der Waals surface area contributed by atoms with Gasteiger partial charge in [0.25, 0.3) is 0 Å². The number of hydrogen-bond acceptors (Lipinski definition) is 18. The topological polar surface area (TPSA) is 249 Å². The van der Waals surface area contributed by atoms with E-state index in [1.807, 2.05) is 108 Å². The molecule has 0 bridgehead atoms. The van der Waals surface area contributed by atoms with Crippen molar-refractivity contribution in [1.29, 1.82) is 0 Å². The number of carbonyl (C=O) groups is 2. The van der Waals surface area contributed by atoms with Crippen LogP contribution >= 0.6 is 25.9 Å². The number of aromatic nitrogens is 4. The highest BCUT2D eigenvalue weighted by atomic mass is 35.5. The van der Waals surface area contributed by atoms with Crippen LogP contribution in [0.1, 0.15) is 78.4 Å². The van der Waals surface area contributed by atoms with Gasteiger partial charge in [0, 0.05) is 82.5 Å². The number of anilines is 9. The minimum atomic E-state index is -2.51. The second-order valence-electron chi connectivity index (χ2n) is 25.5. The van der Waals surface area contributed by atoms with Gasteiger partial charge in [-0.05, 0) is 191 Å². The fraction of sp³-hybridized carbons (Fsp3) is 0.452. The van der Waals surface area contributed by atoms with Crippen LogP contribution in [0.5, 0.6) is 11.5 Å². The van der Waals surface area contributed by atoms with Gasteiger partial charge in [-0.1, -0.05) is 24.3 Å². The number of ether oxygens (including phenoxy) is 4. The molecule has 20 nitrogen and oxygen atoms in total. The molecule has 2 aliphatic carbocycles. The molecule has 0 unspecified atom stereocenters. The third-order valence-electron chi connectivity index (χ3n) is 15.0. The minimum Gasteiger partial charge on any atom is -0.491 e. The van der Waals surface area contributed by atoms with Crippen molar-refractivity contribution in [2.45, 2.75) is 104 Å². The summed E-state index contributed by atoms with van der Waals surface area (Å²) in [6, 6.07) is 27.7. The van der Waals surface area contributed by atoms with E-state index in [0.29, 0.717) is 40.2 Å². The molecule has 10 rings (SSSR count). The molecule has 4 heterocycles. The molecule has 0 radical (unpaired) electrons. The number of nitrogens with two attached hydrogens (primary N) is 1. The van der Waals surface area contributed by atoms with Crippen LogP contribution in [0, 0.1) is 24.7 Å². The average Bonchev–Trinajstić information content (AvgIpc) is 1.01. The van der Waals surface area contributed by atoms with E-state index in [0.717, 1.165) is 85.1 Å². The van der Waals surface area contributed by atoms with E-state index < -0.39 is 25.5 Å². The van der Waals surface area contributed by atoms with Gasteiger partial charge in [0.2, 0.25) is 11.2 Å². The zero-order chi connectivity index (χ0) is 61.9. The molecule has 23 heteroatoms. The van der Waals surface area contributed by atoms with Crippen molar-refractivity contribution in [3.63, 3.8) is 0 Å². The van der Waals surface area contributed by atoms with Crippen LogP contribution in [0.2, 0.25) is 5.28 Å². The molecule has 2 amide bonds. The lowest BCUT2D eigenvalue weighted by molar-refractivity contribution is 0.0204. The fourth-order valence-electron chi connectivity index (χ4n) is 11.4. The van der Waals surface area contributed by atoms with E-state index in [1.165, 1.54) is 30.2 Å². The molecule has 2 spiro atoms. The zero-order valence-electron chi connectivity index (χ0n) is 51.3. The number of methoxy groups -OCH3 is 2. The molecule has 2 aromatic heterocycles. The highest BCUT2D eigenvalue weighted by Gasteiger charge is 2.54. The lowest BCUT2D eigenvalue weighted by Gasteiger charge is -2.60. The first-order chi connectivity index (χ1) is 39.8. The van der Waals surface area contributed by atoms with Crippen LogP contribution in [-0.4, -0.2) is 122 Å². The number of para-hydroxylation sites is 2. The Morgan fingerprint density at radius 1 is 0.612 bits per heavy atom.